The number of hydrogen-bond donors (Lipinski definition) is 3. The summed E-state index contributed by atoms with van der Waals surface area (Å²) < 4.78 is 5.05. The van der Waals surface area contributed by atoms with Crippen LogP contribution < -0.4 is 16.8 Å². The van der Waals surface area contributed by atoms with Gasteiger partial charge in [0.2, 0.25) is 5.91 Å². The molecule has 0 bridgehead atoms. The molecule has 6 nitrogen and oxygen atoms in total. The lowest BCUT2D eigenvalue weighted by Gasteiger charge is -2.08. The van der Waals surface area contributed by atoms with Crippen LogP contribution in [0.2, 0.25) is 0 Å². The number of nitrogens with two attached hydrogens (primary N) is 2. The van der Waals surface area contributed by atoms with Gasteiger partial charge in [0.05, 0.1) is 6.04 Å². The highest BCUT2D eigenvalue weighted by Gasteiger charge is 2.08. The van der Waals surface area contributed by atoms with Crippen molar-refractivity contribution in [3.8, 4) is 0 Å². The summed E-state index contributed by atoms with van der Waals surface area (Å²) in [6.45, 7) is 0.734. The van der Waals surface area contributed by atoms with Gasteiger partial charge in [-0.1, -0.05) is 30.3 Å². The average molecular weight is 316 g/mol. The molecule has 0 saturated carbocycles. The van der Waals surface area contributed by atoms with Crippen LogP contribution in [0.3, 0.4) is 0 Å². The molecule has 0 aliphatic heterocycles. The molecule has 0 aromatic heterocycles. The summed E-state index contributed by atoms with van der Waals surface area (Å²) in [5.74, 6) is -0.500. The Bertz CT molecular complexity index is 429. The third kappa shape index (κ3) is 8.88. The van der Waals surface area contributed by atoms with E-state index < -0.39 is 18.0 Å². The average Bonchev–Trinajstić information content (AvgIpc) is 2.45. The zero-order valence-electron chi connectivity index (χ0n) is 11.8. The van der Waals surface area contributed by atoms with Crippen molar-refractivity contribution < 1.29 is 14.3 Å². The van der Waals surface area contributed by atoms with Gasteiger partial charge >= 0.3 is 6.09 Å². The van der Waals surface area contributed by atoms with Crippen molar-refractivity contribution in [3.05, 3.63) is 35.9 Å². The molecule has 1 aromatic carbocycles. The summed E-state index contributed by atoms with van der Waals surface area (Å²) in [6, 6.07) is 8.84. The second kappa shape index (κ2) is 10.9. The first-order chi connectivity index (χ1) is 9.59. The molecule has 0 spiro atoms. The number of rotatable bonds is 8. The van der Waals surface area contributed by atoms with Crippen molar-refractivity contribution in [1.82, 2.24) is 5.32 Å². The largest absolute Gasteiger partial charge is 0.445 e. The fourth-order valence-corrected chi connectivity index (χ4v) is 1.60. The maximum Gasteiger partial charge on any atom is 0.407 e. The van der Waals surface area contributed by atoms with E-state index in [1.165, 1.54) is 0 Å². The summed E-state index contributed by atoms with van der Waals surface area (Å²) in [6.07, 6.45) is 1.52. The normalized spacial score (nSPS) is 11.1. The van der Waals surface area contributed by atoms with Crippen LogP contribution in [0, 0.1) is 0 Å². The Balaban J connectivity index is 0.00000400. The quantitative estimate of drug-likeness (QED) is 0.629. The highest BCUT2D eigenvalue weighted by molar-refractivity contribution is 5.85. The number of carbonyl (C=O) groups excluding carboxylic acids is 2. The maximum atomic E-state index is 11.4. The van der Waals surface area contributed by atoms with E-state index in [1.54, 1.807) is 0 Å². The lowest BCUT2D eigenvalue weighted by molar-refractivity contribution is -0.119. The van der Waals surface area contributed by atoms with Crippen molar-refractivity contribution >= 4 is 24.4 Å². The monoisotopic (exact) mass is 315 g/mol. The molecule has 1 aromatic rings. The zero-order chi connectivity index (χ0) is 14.8. The molecule has 0 aliphatic carbocycles. The highest BCUT2D eigenvalue weighted by atomic mass is 35.5. The summed E-state index contributed by atoms with van der Waals surface area (Å²) in [5.41, 5.74) is 11.5. The van der Waals surface area contributed by atoms with E-state index in [9.17, 15) is 9.59 Å². The van der Waals surface area contributed by atoms with Gasteiger partial charge in [-0.05, 0) is 24.8 Å². The number of nitrogens with one attached hydrogen (secondary N) is 1. The van der Waals surface area contributed by atoms with Gasteiger partial charge in [0.1, 0.15) is 6.61 Å². The van der Waals surface area contributed by atoms with Gasteiger partial charge in [-0.15, -0.1) is 12.4 Å². The SMILES string of the molecule is Cl.NC(=O)C(N)CCCCNC(=O)OCc1ccccc1. The molecule has 0 heterocycles. The molecule has 0 fully saturated rings. The Morgan fingerprint density at radius 1 is 1.19 bits per heavy atom. The first-order valence-corrected chi connectivity index (χ1v) is 6.59. The summed E-state index contributed by atoms with van der Waals surface area (Å²) in [7, 11) is 0. The van der Waals surface area contributed by atoms with Crippen LogP contribution in [0.4, 0.5) is 4.79 Å². The van der Waals surface area contributed by atoms with Gasteiger partial charge in [0.25, 0.3) is 0 Å². The Hall–Kier alpha value is -1.79. The van der Waals surface area contributed by atoms with E-state index in [1.807, 2.05) is 30.3 Å². The molecule has 118 valence electrons. The minimum absolute atomic E-state index is 0. The minimum atomic E-state index is -0.611. The van der Waals surface area contributed by atoms with E-state index in [0.29, 0.717) is 13.0 Å². The van der Waals surface area contributed by atoms with Crippen molar-refractivity contribution in [1.29, 1.82) is 0 Å². The van der Waals surface area contributed by atoms with Gasteiger partial charge in [-0.25, -0.2) is 4.79 Å². The van der Waals surface area contributed by atoms with Gasteiger partial charge in [0, 0.05) is 6.54 Å². The zero-order valence-corrected chi connectivity index (χ0v) is 12.6. The molecule has 0 saturated heterocycles. The molecular weight excluding hydrogens is 294 g/mol. The number of ether oxygens (including phenoxy) is 1. The standard InChI is InChI=1S/C14H21N3O3.ClH/c15-12(13(16)18)8-4-5-9-17-14(19)20-10-11-6-2-1-3-7-11;/h1-3,6-7,12H,4-5,8-10,15H2,(H2,16,18)(H,17,19);1H. The predicted molar refractivity (Wildman–Crippen MR) is 82.9 cm³/mol. The first-order valence-electron chi connectivity index (χ1n) is 6.59. The second-order valence-corrected chi connectivity index (χ2v) is 4.49. The van der Waals surface area contributed by atoms with Crippen LogP contribution >= 0.6 is 12.4 Å². The van der Waals surface area contributed by atoms with Crippen LogP contribution in [0.5, 0.6) is 0 Å². The smallest absolute Gasteiger partial charge is 0.407 e. The number of benzene rings is 1. The van der Waals surface area contributed by atoms with E-state index >= 15 is 0 Å². The van der Waals surface area contributed by atoms with Gasteiger partial charge < -0.3 is 21.5 Å². The van der Waals surface area contributed by atoms with Gasteiger partial charge in [0.15, 0.2) is 0 Å². The van der Waals surface area contributed by atoms with Crippen molar-refractivity contribution in [2.75, 3.05) is 6.54 Å². The number of primary amides is 1. The van der Waals surface area contributed by atoms with Crippen LogP contribution in [-0.2, 0) is 16.1 Å². The number of halogens is 1. The van der Waals surface area contributed by atoms with E-state index in [-0.39, 0.29) is 19.0 Å². The molecule has 0 aliphatic rings. The molecule has 21 heavy (non-hydrogen) atoms. The Labute approximate surface area is 130 Å². The number of amides is 2. The molecule has 1 rings (SSSR count). The molecule has 7 heteroatoms. The Morgan fingerprint density at radius 2 is 1.86 bits per heavy atom. The highest BCUT2D eigenvalue weighted by Crippen LogP contribution is 2.01. The van der Waals surface area contributed by atoms with E-state index in [0.717, 1.165) is 18.4 Å². The lowest BCUT2D eigenvalue weighted by Crippen LogP contribution is -2.36. The fraction of sp³-hybridized carbons (Fsp3) is 0.429. The summed E-state index contributed by atoms with van der Waals surface area (Å²) in [5, 5.41) is 2.64. The van der Waals surface area contributed by atoms with E-state index in [4.69, 9.17) is 16.2 Å². The molecule has 0 radical (unpaired) electrons. The fourth-order valence-electron chi connectivity index (χ4n) is 1.60. The molecule has 1 unspecified atom stereocenters. The molecule has 2 amide bonds. The van der Waals surface area contributed by atoms with Crippen LogP contribution in [-0.4, -0.2) is 24.6 Å². The molecule has 1 atom stereocenters. The third-order valence-corrected chi connectivity index (χ3v) is 2.79. The van der Waals surface area contributed by atoms with Crippen molar-refractivity contribution in [2.45, 2.75) is 31.9 Å². The predicted octanol–water partition coefficient (Wildman–Crippen LogP) is 1.32. The minimum Gasteiger partial charge on any atom is -0.445 e. The van der Waals surface area contributed by atoms with Crippen molar-refractivity contribution in [3.63, 3.8) is 0 Å². The molecule has 5 N–H and O–H groups in total. The third-order valence-electron chi connectivity index (χ3n) is 2.79. The van der Waals surface area contributed by atoms with Crippen LogP contribution in [0.1, 0.15) is 24.8 Å². The number of hydrogen-bond acceptors (Lipinski definition) is 4. The second-order valence-electron chi connectivity index (χ2n) is 4.49. The van der Waals surface area contributed by atoms with Crippen LogP contribution in [0.25, 0.3) is 0 Å². The number of unbranched alkanes of at least 4 members (excludes halogenated alkanes) is 1. The molecular formula is C14H22ClN3O3. The number of carbonyl (C=O) groups is 2. The van der Waals surface area contributed by atoms with Gasteiger partial charge in [-0.3, -0.25) is 4.79 Å². The van der Waals surface area contributed by atoms with Gasteiger partial charge in [-0.2, -0.15) is 0 Å². The lowest BCUT2D eigenvalue weighted by atomic mass is 10.1. The maximum absolute atomic E-state index is 11.4. The van der Waals surface area contributed by atoms with Crippen molar-refractivity contribution in [2.24, 2.45) is 11.5 Å². The summed E-state index contributed by atoms with van der Waals surface area (Å²) in [4.78, 5) is 22.1. The topological polar surface area (TPSA) is 107 Å². The van der Waals surface area contributed by atoms with E-state index in [2.05, 4.69) is 5.32 Å². The Kier molecular flexibility index (Phi) is 10.0. The first kappa shape index (κ1) is 19.2. The number of alkyl carbamates (subject to hydrolysis) is 1. The summed E-state index contributed by atoms with van der Waals surface area (Å²) >= 11 is 0. The Morgan fingerprint density at radius 3 is 2.48 bits per heavy atom. The van der Waals surface area contributed by atoms with Crippen LogP contribution in [0.15, 0.2) is 30.3 Å².